The summed E-state index contributed by atoms with van der Waals surface area (Å²) in [6.45, 7) is 2.82. The first kappa shape index (κ1) is 25.7. The number of benzene rings is 2. The smallest absolute Gasteiger partial charge is 0.432 e. The molecule has 0 radical (unpaired) electrons. The fraction of sp³-hybridized carbons (Fsp3) is 0.440. The van der Waals surface area contributed by atoms with E-state index in [1.807, 2.05) is 35.2 Å². The van der Waals surface area contributed by atoms with Crippen molar-refractivity contribution in [3.8, 4) is 0 Å². The Bertz CT molecular complexity index is 954. The van der Waals surface area contributed by atoms with Crippen LogP contribution in [0.1, 0.15) is 24.5 Å². The van der Waals surface area contributed by atoms with Gasteiger partial charge in [-0.2, -0.15) is 13.2 Å². The van der Waals surface area contributed by atoms with E-state index in [0.717, 1.165) is 24.8 Å². The third-order valence-corrected chi connectivity index (χ3v) is 5.91. The number of rotatable bonds is 8. The molecular formula is C25H28F3NO5. The maximum atomic E-state index is 14.3. The van der Waals surface area contributed by atoms with Crippen molar-refractivity contribution in [3.63, 3.8) is 0 Å². The van der Waals surface area contributed by atoms with Crippen LogP contribution in [0.4, 0.5) is 13.2 Å². The van der Waals surface area contributed by atoms with Crippen LogP contribution >= 0.6 is 0 Å². The number of nitrogens with zero attached hydrogens (tertiary/aromatic N) is 1. The first-order valence-corrected chi connectivity index (χ1v) is 11.0. The van der Waals surface area contributed by atoms with Crippen molar-refractivity contribution in [2.75, 3.05) is 26.8 Å². The molecule has 3 atom stereocenters. The van der Waals surface area contributed by atoms with Gasteiger partial charge in [-0.15, -0.1) is 0 Å². The molecule has 0 saturated carbocycles. The number of carbonyl (C=O) groups is 2. The molecule has 3 rings (SSSR count). The Labute approximate surface area is 196 Å². The highest BCUT2D eigenvalue weighted by Gasteiger charge is 2.64. The summed E-state index contributed by atoms with van der Waals surface area (Å²) in [6.07, 6.45) is -5.96. The number of likely N-dealkylation sites (tertiary alicyclic amines) is 1. The highest BCUT2D eigenvalue weighted by atomic mass is 19.4. The predicted octanol–water partition coefficient (Wildman–Crippen LogP) is 4.09. The lowest BCUT2D eigenvalue weighted by Crippen LogP contribution is -2.55. The zero-order valence-corrected chi connectivity index (χ0v) is 19.1. The topological polar surface area (TPSA) is 65.1 Å². The molecule has 2 aromatic carbocycles. The van der Waals surface area contributed by atoms with Gasteiger partial charge in [0.25, 0.3) is 5.60 Å². The second kappa shape index (κ2) is 11.0. The first-order chi connectivity index (χ1) is 16.2. The quantitative estimate of drug-likeness (QED) is 0.532. The van der Waals surface area contributed by atoms with E-state index in [1.54, 1.807) is 6.92 Å². The van der Waals surface area contributed by atoms with Crippen molar-refractivity contribution in [1.82, 2.24) is 4.90 Å². The summed E-state index contributed by atoms with van der Waals surface area (Å²) in [5.74, 6) is -3.10. The number of piperidine rings is 1. The lowest BCUT2D eigenvalue weighted by Gasteiger charge is -2.39. The number of carbonyl (C=O) groups excluding carboxylic acids is 2. The fourth-order valence-electron chi connectivity index (χ4n) is 4.21. The van der Waals surface area contributed by atoms with Gasteiger partial charge in [0, 0.05) is 25.8 Å². The Balaban J connectivity index is 1.89. The second-order valence-corrected chi connectivity index (χ2v) is 8.06. The number of ether oxygens (including phenoxy) is 3. The summed E-state index contributed by atoms with van der Waals surface area (Å²) in [4.78, 5) is 27.7. The molecule has 0 bridgehead atoms. The Hall–Kier alpha value is -2.91. The Kier molecular flexibility index (Phi) is 8.33. The molecule has 1 aliphatic rings. The molecule has 2 aromatic rings. The Morgan fingerprint density at radius 1 is 1.03 bits per heavy atom. The number of methoxy groups -OCH3 is 1. The van der Waals surface area contributed by atoms with Crippen LogP contribution in [0.5, 0.6) is 0 Å². The molecule has 9 heteroatoms. The molecule has 0 N–H and O–H groups in total. The first-order valence-electron chi connectivity index (χ1n) is 11.0. The zero-order valence-electron chi connectivity index (χ0n) is 19.1. The molecule has 1 heterocycles. The van der Waals surface area contributed by atoms with Crippen molar-refractivity contribution < 1.29 is 37.0 Å². The van der Waals surface area contributed by atoms with Crippen LogP contribution in [0.3, 0.4) is 0 Å². The third-order valence-electron chi connectivity index (χ3n) is 5.91. The lowest BCUT2D eigenvalue weighted by atomic mass is 9.90. The van der Waals surface area contributed by atoms with Crippen LogP contribution in [0.25, 0.3) is 0 Å². The van der Waals surface area contributed by atoms with E-state index in [9.17, 15) is 22.8 Å². The van der Waals surface area contributed by atoms with E-state index < -0.39 is 41.3 Å². The van der Waals surface area contributed by atoms with Crippen molar-refractivity contribution in [3.05, 3.63) is 71.8 Å². The average Bonchev–Trinajstić information content (AvgIpc) is 2.81. The van der Waals surface area contributed by atoms with E-state index in [0.29, 0.717) is 13.1 Å². The number of halogens is 3. The van der Waals surface area contributed by atoms with E-state index in [-0.39, 0.29) is 19.6 Å². The van der Waals surface area contributed by atoms with Gasteiger partial charge in [0.05, 0.1) is 12.5 Å². The van der Waals surface area contributed by atoms with Crippen LogP contribution in [0.15, 0.2) is 60.7 Å². The van der Waals surface area contributed by atoms with Gasteiger partial charge in [-0.1, -0.05) is 60.7 Å². The number of hydrogen-bond donors (Lipinski definition) is 0. The third kappa shape index (κ3) is 5.42. The summed E-state index contributed by atoms with van der Waals surface area (Å²) in [7, 11) is 0.813. The highest BCUT2D eigenvalue weighted by Crippen LogP contribution is 2.43. The van der Waals surface area contributed by atoms with E-state index in [2.05, 4.69) is 0 Å². The predicted molar refractivity (Wildman–Crippen MR) is 118 cm³/mol. The van der Waals surface area contributed by atoms with Crippen LogP contribution < -0.4 is 0 Å². The van der Waals surface area contributed by atoms with Crippen molar-refractivity contribution in [2.45, 2.75) is 37.8 Å². The minimum atomic E-state index is -5.10. The van der Waals surface area contributed by atoms with Crippen molar-refractivity contribution in [1.29, 1.82) is 0 Å². The van der Waals surface area contributed by atoms with Gasteiger partial charge in [0.15, 0.2) is 0 Å². The molecule has 0 amide bonds. The second-order valence-electron chi connectivity index (χ2n) is 8.06. The van der Waals surface area contributed by atoms with Crippen molar-refractivity contribution in [2.24, 2.45) is 5.92 Å². The van der Waals surface area contributed by atoms with Crippen LogP contribution in [0.2, 0.25) is 0 Å². The molecule has 1 fully saturated rings. The van der Waals surface area contributed by atoms with Crippen molar-refractivity contribution >= 4 is 11.9 Å². The van der Waals surface area contributed by atoms with Gasteiger partial charge in [0.1, 0.15) is 6.10 Å². The van der Waals surface area contributed by atoms with Gasteiger partial charge in [-0.3, -0.25) is 9.69 Å². The monoisotopic (exact) mass is 479 g/mol. The Morgan fingerprint density at radius 2 is 1.65 bits per heavy atom. The van der Waals surface area contributed by atoms with Gasteiger partial charge < -0.3 is 14.2 Å². The standard InChI is InChI=1S/C25H28F3NO5/c1-3-33-22(30)20-14-15-29(16-18-10-6-4-7-11-18)17-21(20)34-23(31)24(32-2,25(26,27)28)19-12-8-5-9-13-19/h4-13,20-21H,3,14-17H2,1-2H3/t20-,21-,24-/m0/s1. The molecule has 0 unspecified atom stereocenters. The van der Waals surface area contributed by atoms with Gasteiger partial charge >= 0.3 is 18.1 Å². The van der Waals surface area contributed by atoms with Gasteiger partial charge in [-0.25, -0.2) is 4.79 Å². The normalized spacial score (nSPS) is 20.9. The minimum absolute atomic E-state index is 0.0799. The summed E-state index contributed by atoms with van der Waals surface area (Å²) in [6, 6.07) is 16.1. The Morgan fingerprint density at radius 3 is 2.21 bits per heavy atom. The number of alkyl halides is 3. The maximum absolute atomic E-state index is 14.3. The molecule has 0 aliphatic carbocycles. The minimum Gasteiger partial charge on any atom is -0.466 e. The van der Waals surface area contributed by atoms with Crippen LogP contribution in [0, 0.1) is 5.92 Å². The molecular weight excluding hydrogens is 451 g/mol. The number of esters is 2. The molecule has 34 heavy (non-hydrogen) atoms. The maximum Gasteiger partial charge on any atom is 0.432 e. The van der Waals surface area contributed by atoms with Gasteiger partial charge in [-0.05, 0) is 25.5 Å². The van der Waals surface area contributed by atoms with E-state index >= 15 is 0 Å². The average molecular weight is 479 g/mol. The molecule has 1 saturated heterocycles. The summed E-state index contributed by atoms with van der Waals surface area (Å²) in [5, 5.41) is 0. The molecule has 6 nitrogen and oxygen atoms in total. The fourth-order valence-corrected chi connectivity index (χ4v) is 4.21. The highest BCUT2D eigenvalue weighted by molar-refractivity contribution is 5.83. The van der Waals surface area contributed by atoms with E-state index in [4.69, 9.17) is 14.2 Å². The summed E-state index contributed by atoms with van der Waals surface area (Å²) in [5.41, 5.74) is -2.73. The largest absolute Gasteiger partial charge is 0.466 e. The zero-order chi connectivity index (χ0) is 24.8. The van der Waals surface area contributed by atoms with E-state index in [1.165, 1.54) is 18.2 Å². The molecule has 1 aliphatic heterocycles. The lowest BCUT2D eigenvalue weighted by molar-refractivity contribution is -0.279. The van der Waals surface area contributed by atoms with Crippen LogP contribution in [-0.4, -0.2) is 55.9 Å². The molecule has 0 spiro atoms. The molecule has 184 valence electrons. The summed E-state index contributed by atoms with van der Waals surface area (Å²) < 4.78 is 58.2. The van der Waals surface area contributed by atoms with Gasteiger partial charge in [0.2, 0.25) is 0 Å². The SMILES string of the molecule is CCOC(=O)[C@H]1CCN(Cc2ccccc2)C[C@@H]1OC(=O)[C@@](OC)(c1ccccc1)C(F)(F)F. The number of hydrogen-bond acceptors (Lipinski definition) is 6. The molecule has 0 aromatic heterocycles. The summed E-state index contributed by atoms with van der Waals surface area (Å²) >= 11 is 0. The van der Waals surface area contributed by atoms with Crippen LogP contribution in [-0.2, 0) is 35.9 Å².